The van der Waals surface area contributed by atoms with E-state index in [4.69, 9.17) is 9.47 Å². The second-order valence-corrected chi connectivity index (χ2v) is 7.97. The minimum absolute atomic E-state index is 0.0767. The summed E-state index contributed by atoms with van der Waals surface area (Å²) in [6, 6.07) is 23.6. The van der Waals surface area contributed by atoms with E-state index in [1.54, 1.807) is 36.4 Å². The van der Waals surface area contributed by atoms with E-state index in [0.29, 0.717) is 17.0 Å². The molecule has 0 radical (unpaired) electrons. The van der Waals surface area contributed by atoms with Crippen LogP contribution in [0.15, 0.2) is 84.9 Å². The predicted molar refractivity (Wildman–Crippen MR) is 129 cm³/mol. The molecule has 0 N–H and O–H groups in total. The fourth-order valence-corrected chi connectivity index (χ4v) is 3.99. The maximum absolute atomic E-state index is 13.1. The Labute approximate surface area is 200 Å². The Morgan fingerprint density at radius 2 is 1.43 bits per heavy atom. The van der Waals surface area contributed by atoms with Gasteiger partial charge in [0.2, 0.25) is 0 Å². The van der Waals surface area contributed by atoms with Crippen LogP contribution in [-0.4, -0.2) is 37.3 Å². The first-order valence-electron chi connectivity index (χ1n) is 10.8. The lowest BCUT2D eigenvalue weighted by molar-refractivity contribution is 0.0474. The number of amides is 2. The van der Waals surface area contributed by atoms with Crippen molar-refractivity contribution in [2.24, 2.45) is 0 Å². The predicted octanol–water partition coefficient (Wildman–Crippen LogP) is 4.69. The second kappa shape index (κ2) is 8.87. The summed E-state index contributed by atoms with van der Waals surface area (Å²) in [7, 11) is 1.52. The number of methoxy groups -OCH3 is 1. The van der Waals surface area contributed by atoms with Crippen LogP contribution in [0.4, 0.5) is 5.69 Å². The molecule has 1 heterocycles. The molecular formula is C28H19NO6. The molecule has 5 rings (SSSR count). The molecular weight excluding hydrogens is 446 g/mol. The van der Waals surface area contributed by atoms with E-state index in [9.17, 15) is 19.2 Å². The number of carbonyl (C=O) groups is 4. The normalized spacial score (nSPS) is 12.5. The van der Waals surface area contributed by atoms with Crippen LogP contribution in [0, 0.1) is 0 Å². The lowest BCUT2D eigenvalue weighted by Gasteiger charge is -2.14. The van der Waals surface area contributed by atoms with Crippen LogP contribution < -0.4 is 9.64 Å². The molecule has 0 bridgehead atoms. The molecule has 0 aromatic heterocycles. The smallest absolute Gasteiger partial charge is 0.338 e. The molecule has 7 nitrogen and oxygen atoms in total. The summed E-state index contributed by atoms with van der Waals surface area (Å²) in [6.07, 6.45) is 0. The molecule has 0 saturated carbocycles. The molecule has 1 aliphatic rings. The number of carbonyl (C=O) groups excluding carboxylic acids is 4. The lowest BCUT2D eigenvalue weighted by atomic mass is 10.1. The summed E-state index contributed by atoms with van der Waals surface area (Å²) in [6.45, 7) is -0.460. The van der Waals surface area contributed by atoms with Crippen molar-refractivity contribution < 1.29 is 28.7 Å². The largest absolute Gasteiger partial charge is 0.497 e. The zero-order chi connectivity index (χ0) is 24.5. The number of imide groups is 1. The fraction of sp³-hybridized carbons (Fsp3) is 0.0714. The molecule has 0 saturated heterocycles. The van der Waals surface area contributed by atoms with Gasteiger partial charge >= 0.3 is 5.97 Å². The van der Waals surface area contributed by atoms with Crippen LogP contribution in [0.3, 0.4) is 0 Å². The topological polar surface area (TPSA) is 90.0 Å². The average Bonchev–Trinajstić information content (AvgIpc) is 3.15. The highest BCUT2D eigenvalue weighted by atomic mass is 16.5. The molecule has 2 amide bonds. The highest BCUT2D eigenvalue weighted by Crippen LogP contribution is 2.31. The van der Waals surface area contributed by atoms with Gasteiger partial charge in [-0.15, -0.1) is 0 Å². The number of rotatable bonds is 6. The van der Waals surface area contributed by atoms with Crippen molar-refractivity contribution in [3.05, 3.63) is 107 Å². The highest BCUT2D eigenvalue weighted by molar-refractivity contribution is 6.35. The van der Waals surface area contributed by atoms with Crippen molar-refractivity contribution in [3.8, 4) is 5.75 Å². The van der Waals surface area contributed by atoms with E-state index in [1.165, 1.54) is 25.3 Å². The quantitative estimate of drug-likeness (QED) is 0.233. The van der Waals surface area contributed by atoms with Gasteiger partial charge in [-0.1, -0.05) is 30.3 Å². The van der Waals surface area contributed by atoms with Gasteiger partial charge in [-0.25, -0.2) is 9.69 Å². The number of hydrogen-bond donors (Lipinski definition) is 0. The standard InChI is InChI=1S/C28H19NO6/c1-34-22-11-7-18(8-12-22)25(30)16-35-28(33)20-9-13-23-24(15-20)27(32)29(26(23)31)21-10-6-17-4-2-3-5-19(17)14-21/h2-15H,16H2,1H3. The van der Waals surface area contributed by atoms with Crippen molar-refractivity contribution in [1.82, 2.24) is 0 Å². The number of hydrogen-bond acceptors (Lipinski definition) is 6. The van der Waals surface area contributed by atoms with Crippen LogP contribution in [0.1, 0.15) is 41.4 Å². The van der Waals surface area contributed by atoms with Gasteiger partial charge in [0.25, 0.3) is 11.8 Å². The number of anilines is 1. The average molecular weight is 465 g/mol. The van der Waals surface area contributed by atoms with E-state index in [0.717, 1.165) is 15.7 Å². The summed E-state index contributed by atoms with van der Waals surface area (Å²) in [5.41, 5.74) is 1.21. The minimum Gasteiger partial charge on any atom is -0.497 e. The first-order chi connectivity index (χ1) is 17.0. The van der Waals surface area contributed by atoms with Crippen molar-refractivity contribution in [3.63, 3.8) is 0 Å². The number of Topliss-reactive ketones (excluding diaryl/α,β-unsaturated/α-hetero) is 1. The zero-order valence-electron chi connectivity index (χ0n) is 18.7. The van der Waals surface area contributed by atoms with Crippen molar-refractivity contribution >= 4 is 40.0 Å². The van der Waals surface area contributed by atoms with E-state index in [2.05, 4.69) is 0 Å². The monoisotopic (exact) mass is 465 g/mol. The third-order valence-corrected chi connectivity index (χ3v) is 5.86. The number of esters is 1. The molecule has 35 heavy (non-hydrogen) atoms. The molecule has 4 aromatic carbocycles. The Balaban J connectivity index is 1.33. The summed E-state index contributed by atoms with van der Waals surface area (Å²) in [5, 5.41) is 1.88. The summed E-state index contributed by atoms with van der Waals surface area (Å²) >= 11 is 0. The molecule has 7 heteroatoms. The van der Waals surface area contributed by atoms with Crippen LogP contribution in [-0.2, 0) is 4.74 Å². The van der Waals surface area contributed by atoms with E-state index < -0.39 is 24.4 Å². The molecule has 0 fully saturated rings. The van der Waals surface area contributed by atoms with Gasteiger partial charge in [-0.3, -0.25) is 14.4 Å². The molecule has 0 spiro atoms. The van der Waals surface area contributed by atoms with Gasteiger partial charge in [0.05, 0.1) is 29.5 Å². The second-order valence-electron chi connectivity index (χ2n) is 7.97. The Hall–Kier alpha value is -4.78. The maximum Gasteiger partial charge on any atom is 0.338 e. The zero-order valence-corrected chi connectivity index (χ0v) is 18.7. The fourth-order valence-electron chi connectivity index (χ4n) is 3.99. The van der Waals surface area contributed by atoms with Crippen LogP contribution >= 0.6 is 0 Å². The highest BCUT2D eigenvalue weighted by Gasteiger charge is 2.37. The SMILES string of the molecule is COc1ccc(C(=O)COC(=O)c2ccc3c(c2)C(=O)N(c2ccc4ccccc4c2)C3=O)cc1. The van der Waals surface area contributed by atoms with Crippen LogP contribution in [0.2, 0.25) is 0 Å². The molecule has 0 unspecified atom stereocenters. The Morgan fingerprint density at radius 1 is 0.743 bits per heavy atom. The number of nitrogens with zero attached hydrogens (tertiary/aromatic N) is 1. The molecule has 4 aromatic rings. The van der Waals surface area contributed by atoms with Gasteiger partial charge in [0.1, 0.15) is 5.75 Å². The number of benzene rings is 4. The van der Waals surface area contributed by atoms with Gasteiger partial charge in [-0.2, -0.15) is 0 Å². The number of fused-ring (bicyclic) bond motifs is 2. The van der Waals surface area contributed by atoms with E-state index in [-0.39, 0.29) is 22.5 Å². The molecule has 172 valence electrons. The van der Waals surface area contributed by atoms with Crippen molar-refractivity contribution in [1.29, 1.82) is 0 Å². The summed E-state index contributed by atoms with van der Waals surface area (Å²) in [4.78, 5) is 52.1. The van der Waals surface area contributed by atoms with Gasteiger partial charge in [0.15, 0.2) is 12.4 Å². The Kier molecular flexibility index (Phi) is 5.58. The van der Waals surface area contributed by atoms with Gasteiger partial charge in [0, 0.05) is 5.56 Å². The number of ketones is 1. The molecule has 1 aliphatic heterocycles. The van der Waals surface area contributed by atoms with Gasteiger partial charge < -0.3 is 9.47 Å². The van der Waals surface area contributed by atoms with Crippen molar-refractivity contribution in [2.75, 3.05) is 18.6 Å². The lowest BCUT2D eigenvalue weighted by Crippen LogP contribution is -2.29. The summed E-state index contributed by atoms with van der Waals surface area (Å²) in [5.74, 6) is -1.53. The van der Waals surface area contributed by atoms with E-state index >= 15 is 0 Å². The third kappa shape index (κ3) is 4.04. The van der Waals surface area contributed by atoms with Gasteiger partial charge in [-0.05, 0) is 65.4 Å². The van der Waals surface area contributed by atoms with E-state index in [1.807, 2.05) is 30.3 Å². The first kappa shape index (κ1) is 22.0. The van der Waals surface area contributed by atoms with Crippen LogP contribution in [0.5, 0.6) is 5.75 Å². The third-order valence-electron chi connectivity index (χ3n) is 5.86. The molecule has 0 aliphatic carbocycles. The Morgan fingerprint density at radius 3 is 2.17 bits per heavy atom. The van der Waals surface area contributed by atoms with Crippen molar-refractivity contribution in [2.45, 2.75) is 0 Å². The first-order valence-corrected chi connectivity index (χ1v) is 10.8. The number of ether oxygens (including phenoxy) is 2. The van der Waals surface area contributed by atoms with Crippen LogP contribution in [0.25, 0.3) is 10.8 Å². The maximum atomic E-state index is 13.1. The summed E-state index contributed by atoms with van der Waals surface area (Å²) < 4.78 is 10.2. The Bertz CT molecular complexity index is 1510. The molecule has 0 atom stereocenters. The minimum atomic E-state index is -0.765.